The van der Waals surface area contributed by atoms with Crippen LogP contribution in [0.15, 0.2) is 17.3 Å². The summed E-state index contributed by atoms with van der Waals surface area (Å²) in [5.74, 6) is 0.773. The molecule has 0 spiro atoms. The van der Waals surface area contributed by atoms with Crippen LogP contribution in [0.25, 0.3) is 0 Å². The molecule has 2 amide bonds. The van der Waals surface area contributed by atoms with Crippen molar-refractivity contribution in [3.05, 3.63) is 40.3 Å². The Bertz CT molecular complexity index is 936. The van der Waals surface area contributed by atoms with E-state index in [4.69, 9.17) is 4.74 Å². The minimum absolute atomic E-state index is 0.178. The number of carbonyl (C=O) groups excluding carboxylic acids is 1. The lowest BCUT2D eigenvalue weighted by Crippen LogP contribution is -2.35. The molecule has 3 aliphatic rings. The molecule has 2 heterocycles. The monoisotopic (exact) mass is 428 g/mol. The fourth-order valence-corrected chi connectivity index (χ4v) is 5.77. The first-order chi connectivity index (χ1) is 14.6. The zero-order valence-electron chi connectivity index (χ0n) is 17.3. The number of carbonyl (C=O) groups is 1. The second kappa shape index (κ2) is 8.24. The van der Waals surface area contributed by atoms with E-state index in [1.807, 2.05) is 11.5 Å². The molecule has 0 radical (unpaired) electrons. The largest absolute Gasteiger partial charge is 0.586 e. The molecule has 1 fully saturated rings. The molecular weight excluding hydrogens is 400 g/mol. The quantitative estimate of drug-likeness (QED) is 0.716. The van der Waals surface area contributed by atoms with Crippen LogP contribution in [0.2, 0.25) is 0 Å². The van der Waals surface area contributed by atoms with Gasteiger partial charge in [0.25, 0.3) is 5.03 Å². The minimum Gasteiger partial charge on any atom is -0.586 e. The summed E-state index contributed by atoms with van der Waals surface area (Å²) in [7, 11) is 0. The molecule has 0 bridgehead atoms. The van der Waals surface area contributed by atoms with Crippen LogP contribution in [0.1, 0.15) is 53.8 Å². The van der Waals surface area contributed by atoms with E-state index in [1.165, 1.54) is 22.3 Å². The number of urea groups is 1. The van der Waals surface area contributed by atoms with Gasteiger partial charge < -0.3 is 19.2 Å². The Labute approximate surface area is 179 Å². The number of amides is 2. The van der Waals surface area contributed by atoms with Crippen molar-refractivity contribution in [2.45, 2.75) is 76.0 Å². The third-order valence-electron chi connectivity index (χ3n) is 6.47. The molecule has 1 saturated heterocycles. The Morgan fingerprint density at radius 1 is 1.23 bits per heavy atom. The molecule has 30 heavy (non-hydrogen) atoms. The van der Waals surface area contributed by atoms with E-state index < -0.39 is 17.4 Å². The van der Waals surface area contributed by atoms with E-state index in [0.29, 0.717) is 11.6 Å². The third kappa shape index (κ3) is 3.84. The van der Waals surface area contributed by atoms with E-state index >= 15 is 0 Å². The summed E-state index contributed by atoms with van der Waals surface area (Å²) in [4.78, 5) is 17.1. The van der Waals surface area contributed by atoms with E-state index in [9.17, 15) is 9.35 Å². The SMILES string of the molecule is Cc1nc([S+]([O-])NC(=O)Nc2c3c(cc4c2CCC4)CCC3)cn1CC1CCCO1. The van der Waals surface area contributed by atoms with Crippen LogP contribution in [-0.2, 0) is 48.3 Å². The summed E-state index contributed by atoms with van der Waals surface area (Å²) in [6, 6.07) is 1.89. The van der Waals surface area contributed by atoms with Crippen LogP contribution < -0.4 is 10.0 Å². The summed E-state index contributed by atoms with van der Waals surface area (Å²) < 4.78 is 23.0. The highest BCUT2D eigenvalue weighted by Crippen LogP contribution is 2.38. The lowest BCUT2D eigenvalue weighted by Gasteiger charge is -2.16. The number of aromatic nitrogens is 2. The molecule has 8 heteroatoms. The van der Waals surface area contributed by atoms with Gasteiger partial charge in [0, 0.05) is 12.3 Å². The maximum Gasteiger partial charge on any atom is 0.361 e. The number of hydrogen-bond donors (Lipinski definition) is 2. The number of benzene rings is 1. The number of aryl methyl sites for hydroxylation is 3. The van der Waals surface area contributed by atoms with Gasteiger partial charge in [0.2, 0.25) is 0 Å². The first kappa shape index (κ1) is 19.9. The lowest BCUT2D eigenvalue weighted by molar-refractivity contribution is 0.0964. The number of fused-ring (bicyclic) bond motifs is 2. The second-order valence-electron chi connectivity index (χ2n) is 8.47. The zero-order chi connectivity index (χ0) is 20.7. The van der Waals surface area contributed by atoms with Gasteiger partial charge in [-0.1, -0.05) is 6.07 Å². The lowest BCUT2D eigenvalue weighted by atomic mass is 9.99. The summed E-state index contributed by atoms with van der Waals surface area (Å²) in [6.45, 7) is 3.38. The normalized spacial score (nSPS) is 20.8. The molecule has 2 unspecified atom stereocenters. The number of hydrogen-bond acceptors (Lipinski definition) is 4. The number of ether oxygens (including phenoxy) is 1. The zero-order valence-corrected chi connectivity index (χ0v) is 18.1. The smallest absolute Gasteiger partial charge is 0.361 e. The van der Waals surface area contributed by atoms with Crippen molar-refractivity contribution >= 4 is 23.1 Å². The average Bonchev–Trinajstić information content (AvgIpc) is 3.49. The van der Waals surface area contributed by atoms with Crippen molar-refractivity contribution < 1.29 is 14.1 Å². The van der Waals surface area contributed by atoms with Gasteiger partial charge in [0.05, 0.1) is 18.8 Å². The first-order valence-electron chi connectivity index (χ1n) is 10.9. The third-order valence-corrected chi connectivity index (χ3v) is 7.41. The Kier molecular flexibility index (Phi) is 5.47. The topological polar surface area (TPSA) is 91.2 Å². The summed E-state index contributed by atoms with van der Waals surface area (Å²) in [5, 5.41) is 3.39. The Morgan fingerprint density at radius 3 is 2.63 bits per heavy atom. The van der Waals surface area contributed by atoms with Gasteiger partial charge in [-0.05, 0) is 80.5 Å². The van der Waals surface area contributed by atoms with Crippen molar-refractivity contribution in [1.29, 1.82) is 0 Å². The van der Waals surface area contributed by atoms with Gasteiger partial charge in [0.15, 0.2) is 0 Å². The number of imidazole rings is 1. The molecule has 160 valence electrons. The minimum atomic E-state index is -1.71. The highest BCUT2D eigenvalue weighted by molar-refractivity contribution is 7.90. The highest BCUT2D eigenvalue weighted by Gasteiger charge is 2.27. The van der Waals surface area contributed by atoms with Gasteiger partial charge in [-0.25, -0.2) is 4.79 Å². The number of nitrogens with zero attached hydrogens (tertiary/aromatic N) is 2. The highest BCUT2D eigenvalue weighted by atomic mass is 32.2. The van der Waals surface area contributed by atoms with E-state index in [1.54, 1.807) is 6.20 Å². The number of rotatable bonds is 5. The first-order valence-corrected chi connectivity index (χ1v) is 12.0. The van der Waals surface area contributed by atoms with E-state index in [2.05, 4.69) is 21.1 Å². The Morgan fingerprint density at radius 2 is 1.97 bits per heavy atom. The summed E-state index contributed by atoms with van der Waals surface area (Å²) in [6.07, 6.45) is 10.4. The van der Waals surface area contributed by atoms with Crippen molar-refractivity contribution in [3.63, 3.8) is 0 Å². The Balaban J connectivity index is 1.28. The predicted octanol–water partition coefficient (Wildman–Crippen LogP) is 3.19. The maximum atomic E-state index is 12.7. The number of nitrogens with one attached hydrogen (secondary N) is 2. The van der Waals surface area contributed by atoms with Gasteiger partial charge in [0.1, 0.15) is 17.2 Å². The van der Waals surface area contributed by atoms with Crippen molar-refractivity contribution in [2.75, 3.05) is 11.9 Å². The molecule has 2 aromatic rings. The molecule has 5 rings (SSSR count). The van der Waals surface area contributed by atoms with Crippen LogP contribution in [0.4, 0.5) is 10.5 Å². The van der Waals surface area contributed by atoms with Gasteiger partial charge in [-0.15, -0.1) is 4.72 Å². The van der Waals surface area contributed by atoms with Crippen LogP contribution in [0, 0.1) is 6.92 Å². The summed E-state index contributed by atoms with van der Waals surface area (Å²) in [5.41, 5.74) is 6.18. The molecule has 2 aliphatic carbocycles. The molecule has 1 aliphatic heterocycles. The molecule has 2 N–H and O–H groups in total. The van der Waals surface area contributed by atoms with Crippen LogP contribution in [-0.4, -0.2) is 32.8 Å². The fourth-order valence-electron chi connectivity index (χ4n) is 5.00. The molecule has 7 nitrogen and oxygen atoms in total. The van der Waals surface area contributed by atoms with Crippen molar-refractivity contribution in [3.8, 4) is 0 Å². The van der Waals surface area contributed by atoms with Crippen molar-refractivity contribution in [1.82, 2.24) is 14.3 Å². The fraction of sp³-hybridized carbons (Fsp3) is 0.545. The van der Waals surface area contributed by atoms with Crippen LogP contribution in [0.5, 0.6) is 0 Å². The van der Waals surface area contributed by atoms with Gasteiger partial charge in [-0.3, -0.25) is 0 Å². The molecular formula is C22H28N4O3S. The predicted molar refractivity (Wildman–Crippen MR) is 115 cm³/mol. The Hall–Kier alpha value is -2.03. The van der Waals surface area contributed by atoms with Crippen LogP contribution in [0.3, 0.4) is 0 Å². The summed E-state index contributed by atoms with van der Waals surface area (Å²) >= 11 is -1.71. The molecule has 2 atom stereocenters. The number of anilines is 1. The van der Waals surface area contributed by atoms with E-state index in [0.717, 1.165) is 69.5 Å². The van der Waals surface area contributed by atoms with Gasteiger partial charge >= 0.3 is 6.03 Å². The second-order valence-corrected chi connectivity index (χ2v) is 9.63. The van der Waals surface area contributed by atoms with Crippen LogP contribution >= 0.6 is 0 Å². The van der Waals surface area contributed by atoms with Gasteiger partial charge in [-0.2, -0.15) is 4.98 Å². The molecule has 0 saturated carbocycles. The average molecular weight is 429 g/mol. The molecule has 1 aromatic heterocycles. The van der Waals surface area contributed by atoms with E-state index in [-0.39, 0.29) is 6.10 Å². The standard InChI is InChI=1S/C22H28N4O3S/c1-14-23-20(13-26(14)12-17-7-4-10-29-17)30(28)25-22(27)24-21-18-8-2-5-15(18)11-16-6-3-9-19(16)21/h11,13,17H,2-10,12H2,1H3,(H2,24,25,27). The molecule has 1 aromatic carbocycles. The van der Waals surface area contributed by atoms with Crippen molar-refractivity contribution in [2.24, 2.45) is 0 Å². The maximum absolute atomic E-state index is 12.7.